The summed E-state index contributed by atoms with van der Waals surface area (Å²) in [5.41, 5.74) is 5.68. The summed E-state index contributed by atoms with van der Waals surface area (Å²) in [6, 6.07) is 6.52. The largest absolute Gasteiger partial charge is 0.438 e. The molecule has 94 valence electrons. The van der Waals surface area contributed by atoms with E-state index in [1.807, 2.05) is 0 Å². The third-order valence-corrected chi connectivity index (χ3v) is 2.17. The highest BCUT2D eigenvalue weighted by Gasteiger charge is 2.05. The van der Waals surface area contributed by atoms with Crippen LogP contribution in [0.25, 0.3) is 0 Å². The SMILES string of the molecule is C=CC(=O)Nc1cccc(OC(=N)/C(Cl)=C\N)c1. The molecule has 0 saturated heterocycles. The molecule has 0 spiro atoms. The van der Waals surface area contributed by atoms with Gasteiger partial charge in [-0.15, -0.1) is 0 Å². The molecule has 18 heavy (non-hydrogen) atoms. The Morgan fingerprint density at radius 3 is 2.89 bits per heavy atom. The zero-order valence-corrected chi connectivity index (χ0v) is 10.2. The number of halogens is 1. The first-order chi connectivity index (χ1) is 8.56. The van der Waals surface area contributed by atoms with Crippen molar-refractivity contribution in [2.24, 2.45) is 5.73 Å². The number of ether oxygens (including phenoxy) is 1. The molecule has 6 heteroatoms. The van der Waals surface area contributed by atoms with Crippen LogP contribution in [-0.2, 0) is 4.79 Å². The molecule has 0 aliphatic heterocycles. The Balaban J connectivity index is 2.79. The molecule has 0 fully saturated rings. The summed E-state index contributed by atoms with van der Waals surface area (Å²) in [6.45, 7) is 3.35. The maximum Gasteiger partial charge on any atom is 0.247 e. The zero-order chi connectivity index (χ0) is 13.5. The van der Waals surface area contributed by atoms with Crippen molar-refractivity contribution in [2.75, 3.05) is 5.32 Å². The number of amides is 1. The minimum absolute atomic E-state index is 0.00414. The van der Waals surface area contributed by atoms with Crippen LogP contribution in [0.2, 0.25) is 0 Å². The van der Waals surface area contributed by atoms with E-state index in [0.717, 1.165) is 12.3 Å². The lowest BCUT2D eigenvalue weighted by molar-refractivity contribution is -0.111. The molecule has 1 rings (SSSR count). The maximum absolute atomic E-state index is 11.1. The first kappa shape index (κ1) is 13.8. The van der Waals surface area contributed by atoms with Gasteiger partial charge in [0.25, 0.3) is 0 Å². The van der Waals surface area contributed by atoms with Crippen LogP contribution >= 0.6 is 11.6 Å². The molecule has 0 aliphatic carbocycles. The van der Waals surface area contributed by atoms with E-state index >= 15 is 0 Å². The van der Waals surface area contributed by atoms with Crippen molar-refractivity contribution in [3.63, 3.8) is 0 Å². The molecule has 0 bridgehead atoms. The monoisotopic (exact) mass is 265 g/mol. The highest BCUT2D eigenvalue weighted by atomic mass is 35.5. The number of nitrogens with two attached hydrogens (primary N) is 1. The van der Waals surface area contributed by atoms with Crippen LogP contribution in [0.3, 0.4) is 0 Å². The Morgan fingerprint density at radius 2 is 2.28 bits per heavy atom. The molecule has 0 saturated carbocycles. The van der Waals surface area contributed by atoms with Crippen LogP contribution in [0, 0.1) is 5.41 Å². The summed E-state index contributed by atoms with van der Waals surface area (Å²) in [6.07, 6.45) is 2.22. The van der Waals surface area contributed by atoms with Gasteiger partial charge in [0.1, 0.15) is 10.8 Å². The van der Waals surface area contributed by atoms with Gasteiger partial charge in [0.15, 0.2) is 0 Å². The Labute approximate surface area is 109 Å². The Kier molecular flexibility index (Phi) is 4.95. The predicted octanol–water partition coefficient (Wildman–Crippen LogP) is 2.21. The average molecular weight is 266 g/mol. The lowest BCUT2D eigenvalue weighted by atomic mass is 10.3. The van der Waals surface area contributed by atoms with Gasteiger partial charge >= 0.3 is 0 Å². The summed E-state index contributed by atoms with van der Waals surface area (Å²) in [5, 5.41) is 10.0. The van der Waals surface area contributed by atoms with Crippen LogP contribution in [0.15, 0.2) is 48.2 Å². The van der Waals surface area contributed by atoms with Crippen LogP contribution in [0.1, 0.15) is 0 Å². The number of anilines is 1. The van der Waals surface area contributed by atoms with Crippen molar-refractivity contribution in [1.29, 1.82) is 5.41 Å². The minimum atomic E-state index is -0.331. The second-order valence-corrected chi connectivity index (χ2v) is 3.57. The molecule has 0 aliphatic rings. The van der Waals surface area contributed by atoms with Crippen LogP contribution in [0.5, 0.6) is 5.75 Å². The molecule has 0 aromatic heterocycles. The predicted molar refractivity (Wildman–Crippen MR) is 71.7 cm³/mol. The summed E-state index contributed by atoms with van der Waals surface area (Å²) in [5.74, 6) is -0.240. The fraction of sp³-hybridized carbons (Fsp3) is 0. The van der Waals surface area contributed by atoms with Gasteiger partial charge in [-0.2, -0.15) is 0 Å². The van der Waals surface area contributed by atoms with Gasteiger partial charge in [-0.05, 0) is 18.2 Å². The summed E-state index contributed by atoms with van der Waals surface area (Å²) in [4.78, 5) is 11.1. The van der Waals surface area contributed by atoms with E-state index in [4.69, 9.17) is 27.5 Å². The first-order valence-electron chi connectivity index (χ1n) is 4.94. The topological polar surface area (TPSA) is 88.2 Å². The fourth-order valence-corrected chi connectivity index (χ4v) is 1.11. The van der Waals surface area contributed by atoms with Crippen molar-refractivity contribution in [3.8, 4) is 5.75 Å². The van der Waals surface area contributed by atoms with Gasteiger partial charge in [-0.1, -0.05) is 24.2 Å². The summed E-state index contributed by atoms with van der Waals surface area (Å²) < 4.78 is 5.15. The third-order valence-electron chi connectivity index (χ3n) is 1.87. The van der Waals surface area contributed by atoms with E-state index in [1.165, 1.54) is 0 Å². The smallest absolute Gasteiger partial charge is 0.247 e. The van der Waals surface area contributed by atoms with E-state index in [2.05, 4.69) is 11.9 Å². The maximum atomic E-state index is 11.1. The lowest BCUT2D eigenvalue weighted by Crippen LogP contribution is -2.10. The number of rotatable bonds is 4. The van der Waals surface area contributed by atoms with Crippen molar-refractivity contribution in [1.82, 2.24) is 0 Å². The van der Waals surface area contributed by atoms with Crippen molar-refractivity contribution in [2.45, 2.75) is 0 Å². The normalized spacial score (nSPS) is 10.6. The second kappa shape index (κ2) is 6.46. The molecule has 5 nitrogen and oxygen atoms in total. The van der Waals surface area contributed by atoms with Gasteiger partial charge in [0, 0.05) is 18.0 Å². The molecule has 0 heterocycles. The van der Waals surface area contributed by atoms with Crippen molar-refractivity contribution < 1.29 is 9.53 Å². The van der Waals surface area contributed by atoms with E-state index < -0.39 is 0 Å². The third kappa shape index (κ3) is 3.95. The van der Waals surface area contributed by atoms with Gasteiger partial charge in [-0.25, -0.2) is 0 Å². The molecule has 0 radical (unpaired) electrons. The molecule has 4 N–H and O–H groups in total. The van der Waals surface area contributed by atoms with Gasteiger partial charge in [0.05, 0.1) is 0 Å². The van der Waals surface area contributed by atoms with Crippen LogP contribution in [-0.4, -0.2) is 11.8 Å². The molecular weight excluding hydrogens is 254 g/mol. The standard InChI is InChI=1S/C12H12ClN3O2/c1-2-11(17)16-8-4-3-5-9(6-8)18-12(15)10(13)7-14/h2-7,15H,1,14H2,(H,16,17)/b10-7+,15-12?. The van der Waals surface area contributed by atoms with E-state index in [1.54, 1.807) is 24.3 Å². The molecule has 0 unspecified atom stereocenters. The van der Waals surface area contributed by atoms with Crippen LogP contribution in [0.4, 0.5) is 5.69 Å². The molecule has 1 aromatic rings. The minimum Gasteiger partial charge on any atom is -0.438 e. The number of carbonyl (C=O) groups excluding carboxylic acids is 1. The lowest BCUT2D eigenvalue weighted by Gasteiger charge is -2.08. The zero-order valence-electron chi connectivity index (χ0n) is 9.44. The molecule has 1 amide bonds. The first-order valence-corrected chi connectivity index (χ1v) is 5.32. The van der Waals surface area contributed by atoms with E-state index in [-0.39, 0.29) is 16.8 Å². The Hall–Kier alpha value is -2.27. The summed E-state index contributed by atoms with van der Waals surface area (Å²) in [7, 11) is 0. The number of hydrogen-bond donors (Lipinski definition) is 3. The number of hydrogen-bond acceptors (Lipinski definition) is 4. The number of nitrogens with one attached hydrogen (secondary N) is 2. The molecular formula is C12H12ClN3O2. The van der Waals surface area contributed by atoms with Gasteiger partial charge in [0.2, 0.25) is 11.8 Å². The summed E-state index contributed by atoms with van der Waals surface area (Å²) >= 11 is 5.62. The van der Waals surface area contributed by atoms with Crippen molar-refractivity contribution in [3.05, 3.63) is 48.2 Å². The molecule has 0 atom stereocenters. The Morgan fingerprint density at radius 1 is 1.56 bits per heavy atom. The second-order valence-electron chi connectivity index (χ2n) is 3.17. The van der Waals surface area contributed by atoms with E-state index in [0.29, 0.717) is 11.4 Å². The van der Waals surface area contributed by atoms with Gasteiger partial charge < -0.3 is 15.8 Å². The highest BCUT2D eigenvalue weighted by molar-refractivity contribution is 6.41. The average Bonchev–Trinajstić information content (AvgIpc) is 2.37. The van der Waals surface area contributed by atoms with Crippen LogP contribution < -0.4 is 15.8 Å². The number of carbonyl (C=O) groups is 1. The Bertz CT molecular complexity index is 512. The van der Waals surface area contributed by atoms with E-state index in [9.17, 15) is 4.79 Å². The number of benzene rings is 1. The quantitative estimate of drug-likeness (QED) is 0.443. The van der Waals surface area contributed by atoms with Crippen molar-refractivity contribution >= 4 is 29.1 Å². The molecule has 1 aromatic carbocycles. The van der Waals surface area contributed by atoms with Gasteiger partial charge in [-0.3, -0.25) is 10.2 Å². The highest BCUT2D eigenvalue weighted by Crippen LogP contribution is 2.19. The fourth-order valence-electron chi connectivity index (χ4n) is 1.07.